The van der Waals surface area contributed by atoms with Crippen LogP contribution in [0.15, 0.2) is 30.6 Å². The van der Waals surface area contributed by atoms with Crippen LogP contribution in [-0.2, 0) is 0 Å². The molecule has 9 heteroatoms. The van der Waals surface area contributed by atoms with Crippen molar-refractivity contribution in [2.75, 3.05) is 11.9 Å². The minimum Gasteiger partial charge on any atom is -0.489 e. The predicted octanol–water partition coefficient (Wildman–Crippen LogP) is 5.28. The lowest BCUT2D eigenvalue weighted by molar-refractivity contribution is -0.0515. The SMILES string of the molecule is CC(C)COc1cc(C(=O)Nc2c(Cl)cncc2Cl)ccc1OC(F)F. The van der Waals surface area contributed by atoms with E-state index in [1.807, 2.05) is 13.8 Å². The van der Waals surface area contributed by atoms with Gasteiger partial charge in [0.25, 0.3) is 5.91 Å². The molecule has 0 saturated heterocycles. The fraction of sp³-hybridized carbons (Fsp3) is 0.294. The molecule has 0 aliphatic rings. The van der Waals surface area contributed by atoms with E-state index in [0.717, 1.165) is 0 Å². The van der Waals surface area contributed by atoms with E-state index in [1.54, 1.807) is 0 Å². The first-order valence-corrected chi connectivity index (χ1v) is 8.35. The zero-order valence-corrected chi connectivity index (χ0v) is 15.4. The van der Waals surface area contributed by atoms with Crippen molar-refractivity contribution in [3.8, 4) is 11.5 Å². The number of nitrogens with one attached hydrogen (secondary N) is 1. The van der Waals surface area contributed by atoms with Crippen molar-refractivity contribution in [2.45, 2.75) is 20.5 Å². The quantitative estimate of drug-likeness (QED) is 0.681. The van der Waals surface area contributed by atoms with Gasteiger partial charge in [-0.2, -0.15) is 8.78 Å². The summed E-state index contributed by atoms with van der Waals surface area (Å²) >= 11 is 11.9. The van der Waals surface area contributed by atoms with E-state index in [4.69, 9.17) is 27.9 Å². The number of hydrogen-bond acceptors (Lipinski definition) is 4. The first-order chi connectivity index (χ1) is 12.3. The van der Waals surface area contributed by atoms with Crippen LogP contribution >= 0.6 is 23.2 Å². The van der Waals surface area contributed by atoms with Gasteiger partial charge in [-0.05, 0) is 24.1 Å². The number of hydrogen-bond donors (Lipinski definition) is 1. The largest absolute Gasteiger partial charge is 0.489 e. The second-order valence-electron chi connectivity index (χ2n) is 5.68. The summed E-state index contributed by atoms with van der Waals surface area (Å²) < 4.78 is 35.0. The van der Waals surface area contributed by atoms with Gasteiger partial charge >= 0.3 is 6.61 Å². The number of amides is 1. The summed E-state index contributed by atoms with van der Waals surface area (Å²) in [5, 5.41) is 2.89. The van der Waals surface area contributed by atoms with Crippen molar-refractivity contribution in [3.63, 3.8) is 0 Å². The third-order valence-corrected chi connectivity index (χ3v) is 3.66. The van der Waals surface area contributed by atoms with Gasteiger partial charge in [0.1, 0.15) is 0 Å². The lowest BCUT2D eigenvalue weighted by Gasteiger charge is -2.15. The maximum atomic E-state index is 12.5. The molecule has 1 amide bonds. The van der Waals surface area contributed by atoms with Gasteiger partial charge in [-0.15, -0.1) is 0 Å². The van der Waals surface area contributed by atoms with E-state index in [-0.39, 0.29) is 45.3 Å². The number of halogens is 4. The Bertz CT molecular complexity index is 768. The molecule has 2 aromatic rings. The zero-order chi connectivity index (χ0) is 19.3. The molecule has 2 rings (SSSR count). The molecule has 1 aromatic heterocycles. The lowest BCUT2D eigenvalue weighted by atomic mass is 10.1. The van der Waals surface area contributed by atoms with Crippen LogP contribution in [0.25, 0.3) is 0 Å². The Morgan fingerprint density at radius 2 is 1.85 bits per heavy atom. The number of benzene rings is 1. The molecule has 0 aliphatic heterocycles. The number of aromatic nitrogens is 1. The number of rotatable bonds is 7. The third kappa shape index (κ3) is 5.44. The van der Waals surface area contributed by atoms with Crippen LogP contribution in [-0.4, -0.2) is 24.1 Å². The number of nitrogens with zero attached hydrogens (tertiary/aromatic N) is 1. The third-order valence-electron chi connectivity index (χ3n) is 3.09. The Morgan fingerprint density at radius 3 is 2.42 bits per heavy atom. The summed E-state index contributed by atoms with van der Waals surface area (Å²) in [7, 11) is 0. The second kappa shape index (κ2) is 9.00. The summed E-state index contributed by atoms with van der Waals surface area (Å²) in [5.41, 5.74) is 0.361. The van der Waals surface area contributed by atoms with Crippen molar-refractivity contribution in [3.05, 3.63) is 46.2 Å². The van der Waals surface area contributed by atoms with Gasteiger partial charge in [0.15, 0.2) is 11.5 Å². The number of pyridine rings is 1. The molecule has 5 nitrogen and oxygen atoms in total. The van der Waals surface area contributed by atoms with Crippen molar-refractivity contribution < 1.29 is 23.0 Å². The average Bonchev–Trinajstić information content (AvgIpc) is 2.56. The normalized spacial score (nSPS) is 10.9. The van der Waals surface area contributed by atoms with Gasteiger partial charge in [0.2, 0.25) is 0 Å². The Labute approximate surface area is 159 Å². The van der Waals surface area contributed by atoms with E-state index in [9.17, 15) is 13.6 Å². The summed E-state index contributed by atoms with van der Waals surface area (Å²) in [6, 6.07) is 3.89. The second-order valence-corrected chi connectivity index (χ2v) is 6.49. The van der Waals surface area contributed by atoms with Gasteiger partial charge in [0, 0.05) is 18.0 Å². The van der Waals surface area contributed by atoms with Crippen LogP contribution in [0.3, 0.4) is 0 Å². The van der Waals surface area contributed by atoms with Crippen molar-refractivity contribution in [2.24, 2.45) is 5.92 Å². The molecule has 0 bridgehead atoms. The molecule has 0 radical (unpaired) electrons. The van der Waals surface area contributed by atoms with Gasteiger partial charge in [-0.25, -0.2) is 0 Å². The minimum absolute atomic E-state index is 0.0403. The highest BCUT2D eigenvalue weighted by atomic mass is 35.5. The van der Waals surface area contributed by atoms with E-state index >= 15 is 0 Å². The summed E-state index contributed by atoms with van der Waals surface area (Å²) in [4.78, 5) is 16.2. The van der Waals surface area contributed by atoms with Gasteiger partial charge in [-0.1, -0.05) is 37.0 Å². The Hall–Kier alpha value is -2.12. The van der Waals surface area contributed by atoms with Crippen molar-refractivity contribution >= 4 is 34.8 Å². The molecular weight excluding hydrogens is 389 g/mol. The number of ether oxygens (including phenoxy) is 2. The van der Waals surface area contributed by atoms with Crippen LogP contribution in [0.1, 0.15) is 24.2 Å². The maximum absolute atomic E-state index is 12.5. The Morgan fingerprint density at radius 1 is 1.19 bits per heavy atom. The zero-order valence-electron chi connectivity index (χ0n) is 13.9. The first-order valence-electron chi connectivity index (χ1n) is 7.60. The van der Waals surface area contributed by atoms with E-state index < -0.39 is 12.5 Å². The molecular formula is C17H16Cl2F2N2O3. The highest BCUT2D eigenvalue weighted by Gasteiger charge is 2.17. The number of carbonyl (C=O) groups is 1. The molecule has 0 spiro atoms. The Balaban J connectivity index is 2.27. The first kappa shape index (κ1) is 20.2. The molecule has 0 saturated carbocycles. The standard InChI is InChI=1S/C17H16Cl2F2N2O3/c1-9(2)8-25-14-5-10(3-4-13(14)26-17(20)21)16(24)23-15-11(18)6-22-7-12(15)19/h3-7,9,17H,8H2,1-2H3,(H,22,23,24). The summed E-state index contributed by atoms with van der Waals surface area (Å²) in [5.74, 6) is -0.505. The molecule has 0 fully saturated rings. The fourth-order valence-corrected chi connectivity index (χ4v) is 2.39. The van der Waals surface area contributed by atoms with E-state index in [0.29, 0.717) is 0 Å². The van der Waals surface area contributed by atoms with Crippen LogP contribution in [0, 0.1) is 5.92 Å². The number of anilines is 1. The molecule has 0 aliphatic carbocycles. The van der Waals surface area contributed by atoms with Crippen LogP contribution in [0.2, 0.25) is 10.0 Å². The molecule has 140 valence electrons. The average molecular weight is 405 g/mol. The molecule has 26 heavy (non-hydrogen) atoms. The summed E-state index contributed by atoms with van der Waals surface area (Å²) in [6.07, 6.45) is 2.67. The summed E-state index contributed by atoms with van der Waals surface area (Å²) in [6.45, 7) is 1.06. The number of alkyl halides is 2. The van der Waals surface area contributed by atoms with Crippen LogP contribution < -0.4 is 14.8 Å². The molecule has 1 heterocycles. The topological polar surface area (TPSA) is 60.5 Å². The highest BCUT2D eigenvalue weighted by molar-refractivity contribution is 6.39. The van der Waals surface area contributed by atoms with Crippen LogP contribution in [0.5, 0.6) is 11.5 Å². The maximum Gasteiger partial charge on any atom is 0.387 e. The van der Waals surface area contributed by atoms with E-state index in [1.165, 1.54) is 30.6 Å². The Kier molecular flexibility index (Phi) is 6.99. The van der Waals surface area contributed by atoms with Crippen molar-refractivity contribution in [1.29, 1.82) is 0 Å². The minimum atomic E-state index is -3.01. The molecule has 0 unspecified atom stereocenters. The van der Waals surface area contributed by atoms with Gasteiger partial charge < -0.3 is 14.8 Å². The fourth-order valence-electron chi connectivity index (χ4n) is 1.93. The monoisotopic (exact) mass is 404 g/mol. The molecule has 0 atom stereocenters. The smallest absolute Gasteiger partial charge is 0.387 e. The molecule has 1 N–H and O–H groups in total. The molecule has 1 aromatic carbocycles. The highest BCUT2D eigenvalue weighted by Crippen LogP contribution is 2.32. The van der Waals surface area contributed by atoms with Crippen molar-refractivity contribution in [1.82, 2.24) is 4.98 Å². The predicted molar refractivity (Wildman–Crippen MR) is 95.6 cm³/mol. The lowest BCUT2D eigenvalue weighted by Crippen LogP contribution is -2.14. The van der Waals surface area contributed by atoms with E-state index in [2.05, 4.69) is 15.0 Å². The van der Waals surface area contributed by atoms with Crippen LogP contribution in [0.4, 0.5) is 14.5 Å². The number of carbonyl (C=O) groups excluding carboxylic acids is 1. The van der Waals surface area contributed by atoms with Gasteiger partial charge in [-0.3, -0.25) is 9.78 Å². The van der Waals surface area contributed by atoms with Gasteiger partial charge in [0.05, 0.1) is 22.3 Å².